The number of ether oxygens (including phenoxy) is 1. The van der Waals surface area contributed by atoms with Gasteiger partial charge < -0.3 is 15.4 Å². The summed E-state index contributed by atoms with van der Waals surface area (Å²) in [4.78, 5) is 22.8. The lowest BCUT2D eigenvalue weighted by Crippen LogP contribution is -2.44. The minimum Gasteiger partial charge on any atom is -0.467 e. The van der Waals surface area contributed by atoms with E-state index in [4.69, 9.17) is 0 Å². The molecule has 0 aromatic carbocycles. The molecule has 2 atom stereocenters. The van der Waals surface area contributed by atoms with E-state index >= 15 is 0 Å². The number of esters is 1. The van der Waals surface area contributed by atoms with E-state index in [0.717, 1.165) is 0 Å². The number of hydrogen-bond donors (Lipinski definition) is 2. The van der Waals surface area contributed by atoms with E-state index in [2.05, 4.69) is 15.4 Å². The molecule has 0 saturated carbocycles. The number of carbonyl (C=O) groups excluding carboxylic acids is 2. The van der Waals surface area contributed by atoms with E-state index in [1.165, 1.54) is 7.11 Å². The average molecular weight is 216 g/mol. The quantitative estimate of drug-likeness (QED) is 0.609. The van der Waals surface area contributed by atoms with Crippen molar-refractivity contribution in [3.63, 3.8) is 0 Å². The van der Waals surface area contributed by atoms with Crippen LogP contribution in [0.25, 0.3) is 0 Å². The lowest BCUT2D eigenvalue weighted by atomic mass is 10.1. The zero-order chi connectivity index (χ0) is 11.8. The first-order chi connectivity index (χ1) is 7.06. The van der Waals surface area contributed by atoms with E-state index in [0.29, 0.717) is 13.0 Å². The summed E-state index contributed by atoms with van der Waals surface area (Å²) in [7, 11) is 3.09. The molecule has 0 aromatic heterocycles. The maximum atomic E-state index is 11.6. The second-order valence-electron chi connectivity index (χ2n) is 3.45. The van der Waals surface area contributed by atoms with Gasteiger partial charge in [0.2, 0.25) is 5.91 Å². The highest BCUT2D eigenvalue weighted by atomic mass is 16.5. The highest BCUT2D eigenvalue weighted by Gasteiger charge is 2.21. The maximum Gasteiger partial charge on any atom is 0.328 e. The molecule has 0 bridgehead atoms. The van der Waals surface area contributed by atoms with Crippen LogP contribution in [-0.4, -0.2) is 38.6 Å². The Morgan fingerprint density at radius 3 is 2.40 bits per heavy atom. The van der Waals surface area contributed by atoms with Gasteiger partial charge in [-0.05, 0) is 13.5 Å². The lowest BCUT2D eigenvalue weighted by molar-refractivity contribution is -0.145. The summed E-state index contributed by atoms with van der Waals surface area (Å²) in [6.07, 6.45) is 0.532. The fraction of sp³-hybridized carbons (Fsp3) is 0.800. The summed E-state index contributed by atoms with van der Waals surface area (Å²) in [6.45, 7) is 4.21. The molecule has 0 aliphatic rings. The average Bonchev–Trinajstić information content (AvgIpc) is 2.24. The number of hydrogen-bond acceptors (Lipinski definition) is 4. The first kappa shape index (κ1) is 13.9. The Kier molecular flexibility index (Phi) is 6.70. The second kappa shape index (κ2) is 7.23. The number of carbonyl (C=O) groups is 2. The van der Waals surface area contributed by atoms with Gasteiger partial charge in [-0.2, -0.15) is 0 Å². The molecule has 1 amide bonds. The molecule has 0 radical (unpaired) electrons. The van der Waals surface area contributed by atoms with Crippen LogP contribution in [0.1, 0.15) is 20.3 Å². The smallest absolute Gasteiger partial charge is 0.328 e. The minimum atomic E-state index is -0.540. The molecule has 0 saturated heterocycles. The topological polar surface area (TPSA) is 67.4 Å². The molecule has 0 fully saturated rings. The normalized spacial score (nSPS) is 14.1. The van der Waals surface area contributed by atoms with E-state index in [-0.39, 0.29) is 11.8 Å². The van der Waals surface area contributed by atoms with Gasteiger partial charge in [0.25, 0.3) is 0 Å². The van der Waals surface area contributed by atoms with Gasteiger partial charge in [0, 0.05) is 12.5 Å². The molecule has 88 valence electrons. The molecule has 0 aliphatic carbocycles. The lowest BCUT2D eigenvalue weighted by Gasteiger charge is -2.17. The van der Waals surface area contributed by atoms with Crippen molar-refractivity contribution in [2.45, 2.75) is 26.3 Å². The number of amides is 1. The van der Waals surface area contributed by atoms with Crippen molar-refractivity contribution in [2.75, 3.05) is 20.7 Å². The van der Waals surface area contributed by atoms with Crippen LogP contribution < -0.4 is 10.6 Å². The van der Waals surface area contributed by atoms with Crippen LogP contribution in [0.5, 0.6) is 0 Å². The van der Waals surface area contributed by atoms with Gasteiger partial charge in [-0.1, -0.05) is 13.8 Å². The van der Waals surface area contributed by atoms with Gasteiger partial charge in [0.15, 0.2) is 0 Å². The first-order valence-electron chi connectivity index (χ1n) is 5.09. The van der Waals surface area contributed by atoms with Crippen molar-refractivity contribution >= 4 is 11.9 Å². The fourth-order valence-corrected chi connectivity index (χ4v) is 1.18. The molecular weight excluding hydrogens is 196 g/mol. The van der Waals surface area contributed by atoms with E-state index in [1.807, 2.05) is 6.92 Å². The van der Waals surface area contributed by atoms with E-state index in [1.54, 1.807) is 14.0 Å². The van der Waals surface area contributed by atoms with Crippen molar-refractivity contribution in [1.29, 1.82) is 0 Å². The van der Waals surface area contributed by atoms with Gasteiger partial charge in [0.1, 0.15) is 6.04 Å². The fourth-order valence-electron chi connectivity index (χ4n) is 1.18. The Bertz CT molecular complexity index is 219. The zero-order valence-corrected chi connectivity index (χ0v) is 9.79. The third kappa shape index (κ3) is 4.78. The molecule has 0 aromatic rings. The molecule has 0 rings (SSSR count). The summed E-state index contributed by atoms with van der Waals surface area (Å²) < 4.78 is 4.57. The molecule has 0 spiro atoms. The van der Waals surface area contributed by atoms with E-state index < -0.39 is 12.0 Å². The first-order valence-corrected chi connectivity index (χ1v) is 5.09. The maximum absolute atomic E-state index is 11.6. The van der Waals surface area contributed by atoms with Crippen LogP contribution in [0.4, 0.5) is 0 Å². The minimum absolute atomic E-state index is 0.137. The Balaban J connectivity index is 4.17. The SMILES string of the molecule is CCC(NC(=O)C(C)CNC)C(=O)OC. The predicted octanol–water partition coefficient (Wildman–Crippen LogP) is -0.0903. The monoisotopic (exact) mass is 216 g/mol. The second-order valence-corrected chi connectivity index (χ2v) is 3.45. The number of rotatable bonds is 6. The van der Waals surface area contributed by atoms with Gasteiger partial charge in [-0.3, -0.25) is 4.79 Å². The number of methoxy groups -OCH3 is 1. The molecule has 2 unspecified atom stereocenters. The summed E-state index contributed by atoms with van der Waals surface area (Å²) in [5, 5.41) is 5.55. The Morgan fingerprint density at radius 1 is 1.40 bits per heavy atom. The number of nitrogens with one attached hydrogen (secondary N) is 2. The van der Waals surface area contributed by atoms with Crippen LogP contribution in [0.15, 0.2) is 0 Å². The van der Waals surface area contributed by atoms with Crippen molar-refractivity contribution in [1.82, 2.24) is 10.6 Å². The Morgan fingerprint density at radius 2 is 2.00 bits per heavy atom. The van der Waals surface area contributed by atoms with Gasteiger partial charge in [0.05, 0.1) is 7.11 Å². The molecule has 5 nitrogen and oxygen atoms in total. The third-order valence-electron chi connectivity index (χ3n) is 2.17. The van der Waals surface area contributed by atoms with Gasteiger partial charge in [-0.25, -0.2) is 4.79 Å². The highest BCUT2D eigenvalue weighted by Crippen LogP contribution is 1.98. The zero-order valence-electron chi connectivity index (χ0n) is 9.79. The van der Waals surface area contributed by atoms with Crippen molar-refractivity contribution in [3.05, 3.63) is 0 Å². The molecule has 2 N–H and O–H groups in total. The Hall–Kier alpha value is -1.10. The third-order valence-corrected chi connectivity index (χ3v) is 2.17. The standard InChI is InChI=1S/C10H20N2O3/c1-5-8(10(14)15-4)12-9(13)7(2)6-11-3/h7-8,11H,5-6H2,1-4H3,(H,12,13). The predicted molar refractivity (Wildman–Crippen MR) is 57.3 cm³/mol. The summed E-state index contributed by atoms with van der Waals surface area (Å²) >= 11 is 0. The van der Waals surface area contributed by atoms with Crippen molar-refractivity contribution < 1.29 is 14.3 Å². The van der Waals surface area contributed by atoms with Crippen molar-refractivity contribution in [2.24, 2.45) is 5.92 Å². The summed E-state index contributed by atoms with van der Waals surface area (Å²) in [5.41, 5.74) is 0. The molecule has 0 heterocycles. The molecular formula is C10H20N2O3. The largest absolute Gasteiger partial charge is 0.467 e. The molecule has 5 heteroatoms. The van der Waals surface area contributed by atoms with Crippen LogP contribution in [0.2, 0.25) is 0 Å². The Labute approximate surface area is 90.6 Å². The van der Waals surface area contributed by atoms with Crippen LogP contribution in [-0.2, 0) is 14.3 Å². The highest BCUT2D eigenvalue weighted by molar-refractivity contribution is 5.85. The van der Waals surface area contributed by atoms with Gasteiger partial charge in [-0.15, -0.1) is 0 Å². The van der Waals surface area contributed by atoms with E-state index in [9.17, 15) is 9.59 Å². The summed E-state index contributed by atoms with van der Waals surface area (Å²) in [5.74, 6) is -0.696. The molecule has 15 heavy (non-hydrogen) atoms. The van der Waals surface area contributed by atoms with Crippen LogP contribution in [0.3, 0.4) is 0 Å². The summed E-state index contributed by atoms with van der Waals surface area (Å²) in [6, 6.07) is -0.540. The van der Waals surface area contributed by atoms with Crippen LogP contribution in [0, 0.1) is 5.92 Å². The van der Waals surface area contributed by atoms with Crippen LogP contribution >= 0.6 is 0 Å². The molecule has 0 aliphatic heterocycles. The van der Waals surface area contributed by atoms with Gasteiger partial charge >= 0.3 is 5.97 Å². The van der Waals surface area contributed by atoms with Crippen molar-refractivity contribution in [3.8, 4) is 0 Å².